The van der Waals surface area contributed by atoms with Crippen LogP contribution in [0.1, 0.15) is 48.0 Å². The lowest BCUT2D eigenvalue weighted by atomic mass is 9.97. The maximum absolute atomic E-state index is 12.6. The zero-order valence-electron chi connectivity index (χ0n) is 18.1. The molecule has 0 aliphatic heterocycles. The van der Waals surface area contributed by atoms with E-state index >= 15 is 0 Å². The fourth-order valence-corrected chi connectivity index (χ4v) is 2.52. The Morgan fingerprint density at radius 2 is 1.31 bits per heavy atom. The third kappa shape index (κ3) is 8.36. The summed E-state index contributed by atoms with van der Waals surface area (Å²) < 4.78 is 0. The first-order chi connectivity index (χ1) is 13.4. The van der Waals surface area contributed by atoms with Crippen LogP contribution in [0.4, 0.5) is 0 Å². The average molecular weight is 417 g/mol. The second kappa shape index (κ2) is 12.4. The van der Waals surface area contributed by atoms with Crippen molar-refractivity contribution in [2.24, 2.45) is 23.5 Å². The third-order valence-electron chi connectivity index (χ3n) is 4.85. The first-order valence-corrected chi connectivity index (χ1v) is 9.87. The van der Waals surface area contributed by atoms with Crippen molar-refractivity contribution < 1.29 is 29.4 Å². The lowest BCUT2D eigenvalue weighted by Crippen LogP contribution is -2.60. The van der Waals surface area contributed by atoms with Gasteiger partial charge < -0.3 is 31.9 Å². The molecule has 168 valence electrons. The lowest BCUT2D eigenvalue weighted by Gasteiger charge is -2.27. The number of carboxylic acids is 1. The number of hydrogen-bond donors (Lipinski definition) is 6. The maximum atomic E-state index is 12.6. The molecule has 10 heteroatoms. The molecular formula is C19H36N4O6. The number of aliphatic carboxylic acids is 1. The highest BCUT2D eigenvalue weighted by Gasteiger charge is 2.32. The van der Waals surface area contributed by atoms with Gasteiger partial charge in [0.1, 0.15) is 18.1 Å². The van der Waals surface area contributed by atoms with E-state index in [1.807, 2.05) is 13.8 Å². The standard InChI is InChI=1S/C19H36N4O6/c1-7-11(6)13(20)17(26)22-14(9(2)3)18(27)21-12(8-24)16(25)23-15(10(4)5)19(28)29/h9-15,24H,7-8,20H2,1-6H3,(H,21,27)(H,22,26)(H,23,25)(H,28,29). The van der Waals surface area contributed by atoms with Crippen molar-refractivity contribution >= 4 is 23.7 Å². The number of carbonyl (C=O) groups is 4. The molecule has 29 heavy (non-hydrogen) atoms. The van der Waals surface area contributed by atoms with Gasteiger partial charge in [-0.25, -0.2) is 4.79 Å². The van der Waals surface area contributed by atoms with Gasteiger partial charge in [-0.15, -0.1) is 0 Å². The molecule has 0 fully saturated rings. The van der Waals surface area contributed by atoms with Crippen LogP contribution in [0.25, 0.3) is 0 Å². The quantitative estimate of drug-likeness (QED) is 0.242. The number of rotatable bonds is 12. The average Bonchev–Trinajstić information content (AvgIpc) is 2.65. The SMILES string of the molecule is CCC(C)C(N)C(=O)NC(C(=O)NC(CO)C(=O)NC(C(=O)O)C(C)C)C(C)C. The number of amides is 3. The van der Waals surface area contributed by atoms with Crippen LogP contribution in [0.5, 0.6) is 0 Å². The van der Waals surface area contributed by atoms with E-state index in [1.54, 1.807) is 27.7 Å². The van der Waals surface area contributed by atoms with E-state index in [9.17, 15) is 29.4 Å². The van der Waals surface area contributed by atoms with Gasteiger partial charge in [0.05, 0.1) is 12.6 Å². The predicted molar refractivity (Wildman–Crippen MR) is 108 cm³/mol. The molecular weight excluding hydrogens is 380 g/mol. The summed E-state index contributed by atoms with van der Waals surface area (Å²) in [6.45, 7) is 9.67. The van der Waals surface area contributed by atoms with Crippen LogP contribution >= 0.6 is 0 Å². The topological polar surface area (TPSA) is 171 Å². The fraction of sp³-hybridized carbons (Fsp3) is 0.789. The molecule has 0 aliphatic rings. The molecule has 0 rings (SSSR count). The first kappa shape index (κ1) is 26.8. The summed E-state index contributed by atoms with van der Waals surface area (Å²) in [5.74, 6) is -3.98. The summed E-state index contributed by atoms with van der Waals surface area (Å²) in [4.78, 5) is 48.5. The first-order valence-electron chi connectivity index (χ1n) is 9.87. The molecule has 0 bridgehead atoms. The molecule has 0 heterocycles. The van der Waals surface area contributed by atoms with Crippen LogP contribution in [0.15, 0.2) is 0 Å². The van der Waals surface area contributed by atoms with Gasteiger partial charge in [-0.3, -0.25) is 14.4 Å². The van der Waals surface area contributed by atoms with Crippen molar-refractivity contribution in [3.63, 3.8) is 0 Å². The molecule has 5 unspecified atom stereocenters. The Morgan fingerprint density at radius 3 is 1.69 bits per heavy atom. The van der Waals surface area contributed by atoms with Crippen LogP contribution in [0.3, 0.4) is 0 Å². The van der Waals surface area contributed by atoms with E-state index in [-0.39, 0.29) is 11.8 Å². The molecule has 5 atom stereocenters. The number of aliphatic hydroxyl groups is 1. The van der Waals surface area contributed by atoms with Crippen molar-refractivity contribution in [2.75, 3.05) is 6.61 Å². The van der Waals surface area contributed by atoms with Gasteiger partial charge >= 0.3 is 5.97 Å². The van der Waals surface area contributed by atoms with Gasteiger partial charge in [0, 0.05) is 0 Å². The molecule has 0 radical (unpaired) electrons. The predicted octanol–water partition coefficient (Wildman–Crippen LogP) is -0.797. The highest BCUT2D eigenvalue weighted by atomic mass is 16.4. The third-order valence-corrected chi connectivity index (χ3v) is 4.85. The number of nitrogens with two attached hydrogens (primary N) is 1. The number of carbonyl (C=O) groups excluding carboxylic acids is 3. The van der Waals surface area contributed by atoms with E-state index in [2.05, 4.69) is 16.0 Å². The van der Waals surface area contributed by atoms with E-state index < -0.39 is 60.4 Å². The Bertz CT molecular complexity index is 581. The summed E-state index contributed by atoms with van der Waals surface area (Å²) in [7, 11) is 0. The van der Waals surface area contributed by atoms with Gasteiger partial charge in [-0.1, -0.05) is 48.0 Å². The summed E-state index contributed by atoms with van der Waals surface area (Å²) >= 11 is 0. The van der Waals surface area contributed by atoms with Crippen molar-refractivity contribution in [2.45, 2.75) is 72.1 Å². The molecule has 3 amide bonds. The van der Waals surface area contributed by atoms with Crippen LogP contribution in [-0.4, -0.2) is 64.7 Å². The minimum absolute atomic E-state index is 0.0779. The van der Waals surface area contributed by atoms with Crippen molar-refractivity contribution in [1.82, 2.24) is 16.0 Å². The number of aliphatic hydroxyl groups excluding tert-OH is 1. The Labute approximate surface area is 172 Å². The summed E-state index contributed by atoms with van der Waals surface area (Å²) in [5.41, 5.74) is 5.90. The molecule has 7 N–H and O–H groups in total. The van der Waals surface area contributed by atoms with Crippen molar-refractivity contribution in [3.8, 4) is 0 Å². The molecule has 0 aliphatic carbocycles. The molecule has 0 aromatic rings. The molecule has 0 spiro atoms. The Morgan fingerprint density at radius 1 is 0.828 bits per heavy atom. The minimum Gasteiger partial charge on any atom is -0.480 e. The second-order valence-electron chi connectivity index (χ2n) is 7.95. The van der Waals surface area contributed by atoms with E-state index in [0.29, 0.717) is 6.42 Å². The fourth-order valence-electron chi connectivity index (χ4n) is 2.52. The number of nitrogens with one attached hydrogen (secondary N) is 3. The normalized spacial score (nSPS) is 16.5. The van der Waals surface area contributed by atoms with E-state index in [1.165, 1.54) is 0 Å². The largest absolute Gasteiger partial charge is 0.480 e. The lowest BCUT2D eigenvalue weighted by molar-refractivity contribution is -0.144. The van der Waals surface area contributed by atoms with Crippen LogP contribution in [0, 0.1) is 17.8 Å². The summed E-state index contributed by atoms with van der Waals surface area (Å²) in [6, 6.07) is -4.28. The Hall–Kier alpha value is -2.20. The van der Waals surface area contributed by atoms with Gasteiger partial charge in [0.25, 0.3) is 0 Å². The Kier molecular flexibility index (Phi) is 11.4. The molecule has 0 aromatic carbocycles. The second-order valence-corrected chi connectivity index (χ2v) is 7.95. The van der Waals surface area contributed by atoms with Crippen LogP contribution in [-0.2, 0) is 19.2 Å². The molecule has 0 saturated carbocycles. The zero-order chi connectivity index (χ0) is 22.9. The number of carboxylic acid groups (broad SMARTS) is 1. The van der Waals surface area contributed by atoms with Gasteiger partial charge in [-0.2, -0.15) is 0 Å². The zero-order valence-corrected chi connectivity index (χ0v) is 18.1. The maximum Gasteiger partial charge on any atom is 0.326 e. The number of hydrogen-bond acceptors (Lipinski definition) is 6. The molecule has 10 nitrogen and oxygen atoms in total. The van der Waals surface area contributed by atoms with Gasteiger partial charge in [0.15, 0.2) is 0 Å². The Balaban J connectivity index is 5.20. The van der Waals surface area contributed by atoms with Crippen LogP contribution in [0.2, 0.25) is 0 Å². The highest BCUT2D eigenvalue weighted by Crippen LogP contribution is 2.08. The summed E-state index contributed by atoms with van der Waals surface area (Å²) in [6.07, 6.45) is 0.695. The van der Waals surface area contributed by atoms with Crippen molar-refractivity contribution in [3.05, 3.63) is 0 Å². The van der Waals surface area contributed by atoms with Gasteiger partial charge in [-0.05, 0) is 17.8 Å². The summed E-state index contributed by atoms with van der Waals surface area (Å²) in [5, 5.41) is 25.9. The van der Waals surface area contributed by atoms with E-state index in [0.717, 1.165) is 0 Å². The van der Waals surface area contributed by atoms with Gasteiger partial charge in [0.2, 0.25) is 17.7 Å². The van der Waals surface area contributed by atoms with E-state index in [4.69, 9.17) is 5.73 Å². The monoisotopic (exact) mass is 416 g/mol. The highest BCUT2D eigenvalue weighted by molar-refractivity contribution is 5.94. The smallest absolute Gasteiger partial charge is 0.326 e. The minimum atomic E-state index is -1.36. The molecule has 0 saturated heterocycles. The molecule has 0 aromatic heterocycles. The van der Waals surface area contributed by atoms with Crippen molar-refractivity contribution in [1.29, 1.82) is 0 Å². The van der Waals surface area contributed by atoms with Crippen LogP contribution < -0.4 is 21.7 Å².